The predicted octanol–water partition coefficient (Wildman–Crippen LogP) is 3.25. The van der Waals surface area contributed by atoms with E-state index in [1.165, 1.54) is 0 Å². The third-order valence-electron chi connectivity index (χ3n) is 2.26. The summed E-state index contributed by atoms with van der Waals surface area (Å²) in [5.74, 6) is 1.44. The fourth-order valence-electron chi connectivity index (χ4n) is 1.43. The summed E-state index contributed by atoms with van der Waals surface area (Å²) >= 11 is 3.44. The van der Waals surface area contributed by atoms with Gasteiger partial charge in [-0.2, -0.15) is 0 Å². The van der Waals surface area contributed by atoms with E-state index in [0.29, 0.717) is 12.6 Å². The van der Waals surface area contributed by atoms with Gasteiger partial charge < -0.3 is 10.1 Å². The second-order valence-electron chi connectivity index (χ2n) is 3.62. The number of nitrogens with one attached hydrogen (secondary N) is 1. The van der Waals surface area contributed by atoms with Crippen molar-refractivity contribution < 1.29 is 4.74 Å². The van der Waals surface area contributed by atoms with Gasteiger partial charge in [0.1, 0.15) is 12.4 Å². The molecule has 0 spiro atoms. The number of para-hydroxylation sites is 1. The van der Waals surface area contributed by atoms with Crippen molar-refractivity contribution in [3.8, 4) is 5.75 Å². The van der Waals surface area contributed by atoms with Crippen molar-refractivity contribution in [1.82, 2.24) is 9.97 Å². The van der Waals surface area contributed by atoms with Gasteiger partial charge in [0.05, 0.1) is 10.2 Å². The molecule has 2 aromatic rings. The lowest BCUT2D eigenvalue weighted by molar-refractivity contribution is 0.299. The molecule has 94 valence electrons. The molecular formula is C13H14BrN3O. The van der Waals surface area contributed by atoms with Crippen LogP contribution in [0.15, 0.2) is 41.0 Å². The summed E-state index contributed by atoms with van der Waals surface area (Å²) in [5.41, 5.74) is 0.844. The van der Waals surface area contributed by atoms with Crippen molar-refractivity contribution in [2.24, 2.45) is 0 Å². The van der Waals surface area contributed by atoms with E-state index in [4.69, 9.17) is 4.74 Å². The first-order chi connectivity index (χ1) is 8.79. The molecule has 4 nitrogen and oxygen atoms in total. The van der Waals surface area contributed by atoms with Crippen LogP contribution in [0, 0.1) is 0 Å². The maximum Gasteiger partial charge on any atom is 0.222 e. The Kier molecular flexibility index (Phi) is 4.52. The van der Waals surface area contributed by atoms with E-state index in [0.717, 1.165) is 22.5 Å². The summed E-state index contributed by atoms with van der Waals surface area (Å²) < 4.78 is 6.63. The number of nitrogens with zero attached hydrogens (tertiary/aromatic N) is 2. The van der Waals surface area contributed by atoms with Crippen molar-refractivity contribution in [1.29, 1.82) is 0 Å². The first-order valence-electron chi connectivity index (χ1n) is 5.72. The Balaban J connectivity index is 2.02. The molecule has 0 saturated carbocycles. The van der Waals surface area contributed by atoms with Gasteiger partial charge in [0.2, 0.25) is 5.95 Å². The Morgan fingerprint density at radius 1 is 1.28 bits per heavy atom. The number of hydrogen-bond donors (Lipinski definition) is 1. The molecule has 0 radical (unpaired) electrons. The number of benzene rings is 1. The van der Waals surface area contributed by atoms with Crippen molar-refractivity contribution in [3.05, 3.63) is 46.7 Å². The second kappa shape index (κ2) is 6.35. The molecule has 0 fully saturated rings. The minimum atomic E-state index is 0.420. The van der Waals surface area contributed by atoms with Crippen LogP contribution in [0.2, 0.25) is 0 Å². The summed E-state index contributed by atoms with van der Waals surface area (Å²) in [4.78, 5) is 8.46. The third-order valence-corrected chi connectivity index (χ3v) is 2.92. The lowest BCUT2D eigenvalue weighted by atomic mass is 10.3. The molecule has 0 atom stereocenters. The molecule has 0 bridgehead atoms. The molecule has 0 unspecified atom stereocenters. The van der Waals surface area contributed by atoms with Gasteiger partial charge in [-0.05, 0) is 41.1 Å². The summed E-state index contributed by atoms with van der Waals surface area (Å²) in [6, 6.07) is 9.59. The molecular weight excluding hydrogens is 294 g/mol. The van der Waals surface area contributed by atoms with Gasteiger partial charge in [-0.1, -0.05) is 12.1 Å². The van der Waals surface area contributed by atoms with Crippen LogP contribution in [0.1, 0.15) is 12.6 Å². The van der Waals surface area contributed by atoms with Crippen LogP contribution < -0.4 is 10.1 Å². The van der Waals surface area contributed by atoms with Gasteiger partial charge in [0.15, 0.2) is 0 Å². The van der Waals surface area contributed by atoms with Crippen LogP contribution in [-0.2, 0) is 6.61 Å². The van der Waals surface area contributed by atoms with Crippen LogP contribution in [0.4, 0.5) is 5.95 Å². The van der Waals surface area contributed by atoms with Crippen LogP contribution in [0.25, 0.3) is 0 Å². The zero-order chi connectivity index (χ0) is 12.8. The van der Waals surface area contributed by atoms with Gasteiger partial charge in [-0.25, -0.2) is 9.97 Å². The van der Waals surface area contributed by atoms with Gasteiger partial charge >= 0.3 is 0 Å². The summed E-state index contributed by atoms with van der Waals surface area (Å²) in [5, 5.41) is 3.07. The Morgan fingerprint density at radius 2 is 2.11 bits per heavy atom. The molecule has 0 aliphatic carbocycles. The highest BCUT2D eigenvalue weighted by Gasteiger charge is 2.02. The average Bonchev–Trinajstić information content (AvgIpc) is 2.39. The zero-order valence-electron chi connectivity index (χ0n) is 10.1. The quantitative estimate of drug-likeness (QED) is 0.921. The van der Waals surface area contributed by atoms with E-state index in [-0.39, 0.29) is 0 Å². The zero-order valence-corrected chi connectivity index (χ0v) is 11.6. The first-order valence-corrected chi connectivity index (χ1v) is 6.52. The Hall–Kier alpha value is -1.62. The van der Waals surface area contributed by atoms with Crippen molar-refractivity contribution >= 4 is 21.9 Å². The third kappa shape index (κ3) is 3.43. The fourth-order valence-corrected chi connectivity index (χ4v) is 1.83. The number of anilines is 1. The van der Waals surface area contributed by atoms with E-state index in [9.17, 15) is 0 Å². The van der Waals surface area contributed by atoms with E-state index in [1.54, 1.807) is 6.20 Å². The summed E-state index contributed by atoms with van der Waals surface area (Å²) in [6.45, 7) is 3.23. The Bertz CT molecular complexity index is 519. The van der Waals surface area contributed by atoms with Crippen LogP contribution in [-0.4, -0.2) is 16.5 Å². The standard InChI is InChI=1S/C13H14BrN3O/c1-2-15-13-16-8-7-10(17-13)9-18-12-6-4-3-5-11(12)14/h3-8H,2,9H2,1H3,(H,15,16,17). The lowest BCUT2D eigenvalue weighted by Crippen LogP contribution is -2.05. The SMILES string of the molecule is CCNc1nccc(COc2ccccc2Br)n1. The summed E-state index contributed by atoms with van der Waals surface area (Å²) in [6.07, 6.45) is 1.73. The Labute approximate surface area is 115 Å². The van der Waals surface area contributed by atoms with Gasteiger partial charge in [-0.3, -0.25) is 0 Å². The second-order valence-corrected chi connectivity index (χ2v) is 4.48. The molecule has 18 heavy (non-hydrogen) atoms. The topological polar surface area (TPSA) is 47.0 Å². The number of aromatic nitrogens is 2. The highest BCUT2D eigenvalue weighted by atomic mass is 79.9. The highest BCUT2D eigenvalue weighted by molar-refractivity contribution is 9.10. The molecule has 0 aliphatic heterocycles. The van der Waals surface area contributed by atoms with Crippen molar-refractivity contribution in [3.63, 3.8) is 0 Å². The van der Waals surface area contributed by atoms with Gasteiger partial charge in [0.25, 0.3) is 0 Å². The average molecular weight is 308 g/mol. The maximum atomic E-state index is 5.69. The molecule has 1 N–H and O–H groups in total. The van der Waals surface area contributed by atoms with Crippen LogP contribution in [0.5, 0.6) is 5.75 Å². The number of rotatable bonds is 5. The fraction of sp³-hybridized carbons (Fsp3) is 0.231. The molecule has 1 aromatic heterocycles. The van der Waals surface area contributed by atoms with Crippen molar-refractivity contribution in [2.75, 3.05) is 11.9 Å². The van der Waals surface area contributed by atoms with Gasteiger partial charge in [0, 0.05) is 12.7 Å². The number of ether oxygens (including phenoxy) is 1. The minimum Gasteiger partial charge on any atom is -0.486 e. The smallest absolute Gasteiger partial charge is 0.222 e. The predicted molar refractivity (Wildman–Crippen MR) is 74.7 cm³/mol. The summed E-state index contributed by atoms with van der Waals surface area (Å²) in [7, 11) is 0. The van der Waals surface area contributed by atoms with E-state index in [1.807, 2.05) is 37.3 Å². The normalized spacial score (nSPS) is 10.1. The first kappa shape index (κ1) is 12.8. The maximum absolute atomic E-state index is 5.69. The van der Waals surface area contributed by atoms with Crippen LogP contribution in [0.3, 0.4) is 0 Å². The molecule has 1 aromatic carbocycles. The minimum absolute atomic E-state index is 0.420. The van der Waals surface area contributed by atoms with Crippen LogP contribution >= 0.6 is 15.9 Å². The molecule has 2 rings (SSSR count). The number of halogens is 1. The van der Waals surface area contributed by atoms with Crippen molar-refractivity contribution in [2.45, 2.75) is 13.5 Å². The van der Waals surface area contributed by atoms with E-state index >= 15 is 0 Å². The molecule has 0 aliphatic rings. The molecule has 0 saturated heterocycles. The van der Waals surface area contributed by atoms with Gasteiger partial charge in [-0.15, -0.1) is 0 Å². The highest BCUT2D eigenvalue weighted by Crippen LogP contribution is 2.24. The molecule has 1 heterocycles. The van der Waals surface area contributed by atoms with E-state index in [2.05, 4.69) is 31.2 Å². The molecule has 0 amide bonds. The molecule has 5 heteroatoms. The largest absolute Gasteiger partial charge is 0.486 e. The lowest BCUT2D eigenvalue weighted by Gasteiger charge is -2.08. The van der Waals surface area contributed by atoms with E-state index < -0.39 is 0 Å². The monoisotopic (exact) mass is 307 g/mol. The Morgan fingerprint density at radius 3 is 2.89 bits per heavy atom. The number of hydrogen-bond acceptors (Lipinski definition) is 4.